The molecule has 0 unspecified atom stereocenters. The van der Waals surface area contributed by atoms with E-state index in [0.29, 0.717) is 12.5 Å². The first-order valence-electron chi connectivity index (χ1n) is 7.24. The minimum atomic E-state index is -0.121. The largest absolute Gasteiger partial charge is 0.354 e. The highest BCUT2D eigenvalue weighted by atomic mass is 16.1. The molecule has 0 aromatic heterocycles. The zero-order chi connectivity index (χ0) is 12.1. The smallest absolute Gasteiger partial charge is 0.220 e. The summed E-state index contributed by atoms with van der Waals surface area (Å²) in [6.07, 6.45) is 11.7. The maximum absolute atomic E-state index is 11.8. The Morgan fingerprint density at radius 3 is 2.41 bits per heavy atom. The number of nitrogens with two attached hydrogens (primary N) is 1. The standard InChI is InChI=1S/C14H26N2O/c15-14(8-4-1-5-9-14)11-16-13(17)10-12-6-2-3-7-12/h12H,1-11,15H2,(H,16,17). The van der Waals surface area contributed by atoms with Crippen molar-refractivity contribution in [3.05, 3.63) is 0 Å². The molecule has 0 radical (unpaired) electrons. The fourth-order valence-electron chi connectivity index (χ4n) is 3.26. The molecular weight excluding hydrogens is 212 g/mol. The molecule has 3 heteroatoms. The molecule has 0 aromatic carbocycles. The van der Waals surface area contributed by atoms with Gasteiger partial charge in [-0.1, -0.05) is 32.1 Å². The molecule has 17 heavy (non-hydrogen) atoms. The first-order valence-corrected chi connectivity index (χ1v) is 7.24. The Hall–Kier alpha value is -0.570. The second-order valence-electron chi connectivity index (χ2n) is 6.05. The Labute approximate surface area is 105 Å². The summed E-state index contributed by atoms with van der Waals surface area (Å²) in [6, 6.07) is 0. The van der Waals surface area contributed by atoms with Crippen LogP contribution in [0.3, 0.4) is 0 Å². The molecule has 0 heterocycles. The van der Waals surface area contributed by atoms with Crippen LogP contribution < -0.4 is 11.1 Å². The number of hydrogen-bond donors (Lipinski definition) is 2. The van der Waals surface area contributed by atoms with E-state index in [1.807, 2.05) is 0 Å². The summed E-state index contributed by atoms with van der Waals surface area (Å²) in [5, 5.41) is 3.06. The van der Waals surface area contributed by atoms with Gasteiger partial charge in [-0.3, -0.25) is 4.79 Å². The lowest BCUT2D eigenvalue weighted by atomic mass is 9.82. The summed E-state index contributed by atoms with van der Waals surface area (Å²) in [5.41, 5.74) is 6.18. The van der Waals surface area contributed by atoms with E-state index in [1.165, 1.54) is 44.9 Å². The van der Waals surface area contributed by atoms with Gasteiger partial charge in [0.1, 0.15) is 0 Å². The Morgan fingerprint density at radius 2 is 1.76 bits per heavy atom. The molecule has 0 aromatic rings. The third-order valence-electron chi connectivity index (χ3n) is 4.44. The Bertz CT molecular complexity index is 253. The Balaban J connectivity index is 1.67. The lowest BCUT2D eigenvalue weighted by Gasteiger charge is -2.33. The lowest BCUT2D eigenvalue weighted by Crippen LogP contribution is -2.51. The van der Waals surface area contributed by atoms with Gasteiger partial charge in [-0.25, -0.2) is 0 Å². The Kier molecular flexibility index (Phi) is 4.43. The molecule has 0 bridgehead atoms. The van der Waals surface area contributed by atoms with Gasteiger partial charge in [0.15, 0.2) is 0 Å². The van der Waals surface area contributed by atoms with Crippen LogP contribution in [0.2, 0.25) is 0 Å². The van der Waals surface area contributed by atoms with E-state index >= 15 is 0 Å². The summed E-state index contributed by atoms with van der Waals surface area (Å²) < 4.78 is 0. The Morgan fingerprint density at radius 1 is 1.12 bits per heavy atom. The summed E-state index contributed by atoms with van der Waals surface area (Å²) in [4.78, 5) is 11.8. The van der Waals surface area contributed by atoms with Gasteiger partial charge in [0.2, 0.25) is 5.91 Å². The number of carbonyl (C=O) groups is 1. The van der Waals surface area contributed by atoms with E-state index in [2.05, 4.69) is 5.32 Å². The van der Waals surface area contributed by atoms with E-state index in [0.717, 1.165) is 19.3 Å². The quantitative estimate of drug-likeness (QED) is 0.790. The average molecular weight is 238 g/mol. The van der Waals surface area contributed by atoms with Crippen LogP contribution in [0.15, 0.2) is 0 Å². The predicted molar refractivity (Wildman–Crippen MR) is 69.6 cm³/mol. The molecule has 2 fully saturated rings. The van der Waals surface area contributed by atoms with Crippen LogP contribution in [0.4, 0.5) is 0 Å². The third kappa shape index (κ3) is 3.98. The molecule has 3 N–H and O–H groups in total. The van der Waals surface area contributed by atoms with Crippen molar-refractivity contribution in [1.82, 2.24) is 5.32 Å². The minimum Gasteiger partial charge on any atom is -0.354 e. The second-order valence-corrected chi connectivity index (χ2v) is 6.05. The van der Waals surface area contributed by atoms with Crippen LogP contribution >= 0.6 is 0 Å². The molecule has 3 nitrogen and oxygen atoms in total. The van der Waals surface area contributed by atoms with E-state index in [1.54, 1.807) is 0 Å². The normalized spacial score (nSPS) is 24.8. The fraction of sp³-hybridized carbons (Fsp3) is 0.929. The van der Waals surface area contributed by atoms with Crippen molar-refractivity contribution in [2.24, 2.45) is 11.7 Å². The molecule has 2 saturated carbocycles. The van der Waals surface area contributed by atoms with Gasteiger partial charge >= 0.3 is 0 Å². The second kappa shape index (κ2) is 5.85. The van der Waals surface area contributed by atoms with Crippen molar-refractivity contribution >= 4 is 5.91 Å². The SMILES string of the molecule is NC1(CNC(=O)CC2CCCC2)CCCCC1. The molecule has 2 aliphatic carbocycles. The van der Waals surface area contributed by atoms with E-state index in [-0.39, 0.29) is 11.4 Å². The van der Waals surface area contributed by atoms with Crippen LogP contribution in [-0.2, 0) is 4.79 Å². The van der Waals surface area contributed by atoms with Crippen molar-refractivity contribution in [3.8, 4) is 0 Å². The van der Waals surface area contributed by atoms with Crippen LogP contribution in [-0.4, -0.2) is 18.0 Å². The van der Waals surface area contributed by atoms with Crippen molar-refractivity contribution in [1.29, 1.82) is 0 Å². The monoisotopic (exact) mass is 238 g/mol. The van der Waals surface area contributed by atoms with Gasteiger partial charge in [0.25, 0.3) is 0 Å². The van der Waals surface area contributed by atoms with Gasteiger partial charge in [0, 0.05) is 18.5 Å². The van der Waals surface area contributed by atoms with Crippen LogP contribution in [0.5, 0.6) is 0 Å². The maximum atomic E-state index is 11.8. The third-order valence-corrected chi connectivity index (χ3v) is 4.44. The highest BCUT2D eigenvalue weighted by molar-refractivity contribution is 5.76. The number of nitrogens with one attached hydrogen (secondary N) is 1. The average Bonchev–Trinajstić information content (AvgIpc) is 2.80. The van der Waals surface area contributed by atoms with E-state index < -0.39 is 0 Å². The highest BCUT2D eigenvalue weighted by Gasteiger charge is 2.28. The zero-order valence-electron chi connectivity index (χ0n) is 10.8. The number of amides is 1. The van der Waals surface area contributed by atoms with E-state index in [9.17, 15) is 4.79 Å². The summed E-state index contributed by atoms with van der Waals surface area (Å²) in [5.74, 6) is 0.849. The van der Waals surface area contributed by atoms with Crippen molar-refractivity contribution in [2.75, 3.05) is 6.54 Å². The van der Waals surface area contributed by atoms with Gasteiger partial charge < -0.3 is 11.1 Å². The van der Waals surface area contributed by atoms with Crippen molar-refractivity contribution in [3.63, 3.8) is 0 Å². The van der Waals surface area contributed by atoms with Gasteiger partial charge in [-0.2, -0.15) is 0 Å². The number of rotatable bonds is 4. The molecule has 0 atom stereocenters. The number of hydrogen-bond acceptors (Lipinski definition) is 2. The summed E-state index contributed by atoms with van der Waals surface area (Å²) in [7, 11) is 0. The molecule has 98 valence electrons. The van der Waals surface area contributed by atoms with E-state index in [4.69, 9.17) is 5.73 Å². The van der Waals surface area contributed by atoms with Crippen molar-refractivity contribution < 1.29 is 4.79 Å². The van der Waals surface area contributed by atoms with Crippen LogP contribution in [0, 0.1) is 5.92 Å². The molecule has 0 spiro atoms. The van der Waals surface area contributed by atoms with Gasteiger partial charge in [-0.15, -0.1) is 0 Å². The molecule has 0 saturated heterocycles. The molecular formula is C14H26N2O. The zero-order valence-corrected chi connectivity index (χ0v) is 10.8. The first-order chi connectivity index (χ1) is 8.18. The first kappa shape index (κ1) is 12.9. The predicted octanol–water partition coefficient (Wildman–Crippen LogP) is 2.34. The van der Waals surface area contributed by atoms with Crippen LogP contribution in [0.1, 0.15) is 64.2 Å². The topological polar surface area (TPSA) is 55.1 Å². The summed E-state index contributed by atoms with van der Waals surface area (Å²) in [6.45, 7) is 0.679. The molecule has 1 amide bonds. The lowest BCUT2D eigenvalue weighted by molar-refractivity contribution is -0.122. The summed E-state index contributed by atoms with van der Waals surface area (Å²) >= 11 is 0. The highest BCUT2D eigenvalue weighted by Crippen LogP contribution is 2.28. The maximum Gasteiger partial charge on any atom is 0.220 e. The van der Waals surface area contributed by atoms with Gasteiger partial charge in [-0.05, 0) is 31.6 Å². The molecule has 0 aliphatic heterocycles. The van der Waals surface area contributed by atoms with Crippen LogP contribution in [0.25, 0.3) is 0 Å². The van der Waals surface area contributed by atoms with Crippen molar-refractivity contribution in [2.45, 2.75) is 69.7 Å². The molecule has 2 rings (SSSR count). The molecule has 2 aliphatic rings. The van der Waals surface area contributed by atoms with Gasteiger partial charge in [0.05, 0.1) is 0 Å². The fourth-order valence-corrected chi connectivity index (χ4v) is 3.26. The minimum absolute atomic E-state index is 0.121. The number of carbonyl (C=O) groups excluding carboxylic acids is 1.